The van der Waals surface area contributed by atoms with E-state index in [4.69, 9.17) is 0 Å². The van der Waals surface area contributed by atoms with E-state index in [0.717, 1.165) is 5.56 Å². The van der Waals surface area contributed by atoms with E-state index in [9.17, 15) is 10.2 Å². The topological polar surface area (TPSA) is 71.2 Å². The van der Waals surface area contributed by atoms with E-state index in [1.807, 2.05) is 24.4 Å². The lowest BCUT2D eigenvalue weighted by molar-refractivity contribution is 0.404. The van der Waals surface area contributed by atoms with Crippen LogP contribution in [0.1, 0.15) is 5.56 Å². The number of aromatic nitrogens is 3. The molecule has 4 aromatic rings. The molecule has 0 unspecified atom stereocenters. The molecule has 0 atom stereocenters. The maximum absolute atomic E-state index is 9.62. The van der Waals surface area contributed by atoms with Gasteiger partial charge in [0.25, 0.3) is 0 Å². The molecule has 0 saturated heterocycles. The summed E-state index contributed by atoms with van der Waals surface area (Å²) in [5.74, 6) is -0.321. The van der Waals surface area contributed by atoms with Gasteiger partial charge in [0, 0.05) is 5.56 Å². The molecule has 3 aromatic carbocycles. The summed E-state index contributed by atoms with van der Waals surface area (Å²) in [5, 5.41) is 29.7. The van der Waals surface area contributed by atoms with Gasteiger partial charge in [-0.2, -0.15) is 0 Å². The average Bonchev–Trinajstić information content (AvgIpc) is 3.06. The van der Waals surface area contributed by atoms with Crippen LogP contribution in [0.3, 0.4) is 0 Å². The first-order chi connectivity index (χ1) is 11.7. The van der Waals surface area contributed by atoms with Crippen LogP contribution < -0.4 is 0 Å². The Hall–Kier alpha value is -3.34. The van der Waals surface area contributed by atoms with Crippen molar-refractivity contribution in [3.8, 4) is 22.8 Å². The minimum Gasteiger partial charge on any atom is -0.504 e. The summed E-state index contributed by atoms with van der Waals surface area (Å²) in [6.07, 6.45) is 1.83. The average molecular weight is 317 g/mol. The summed E-state index contributed by atoms with van der Waals surface area (Å²) in [4.78, 5) is 0. The van der Waals surface area contributed by atoms with Gasteiger partial charge in [-0.05, 0) is 34.5 Å². The summed E-state index contributed by atoms with van der Waals surface area (Å²) in [6, 6.07) is 19.0. The van der Waals surface area contributed by atoms with Crippen LogP contribution in [0.5, 0.6) is 11.5 Å². The van der Waals surface area contributed by atoms with Crippen LogP contribution in [0, 0.1) is 0 Å². The summed E-state index contributed by atoms with van der Waals surface area (Å²) < 4.78 is 1.76. The molecule has 4 rings (SSSR count). The third-order valence-electron chi connectivity index (χ3n) is 4.02. The van der Waals surface area contributed by atoms with Gasteiger partial charge in [-0.1, -0.05) is 47.7 Å². The van der Waals surface area contributed by atoms with Gasteiger partial charge in [0.05, 0.1) is 12.7 Å². The van der Waals surface area contributed by atoms with Gasteiger partial charge in [0.15, 0.2) is 11.5 Å². The van der Waals surface area contributed by atoms with Crippen molar-refractivity contribution in [1.82, 2.24) is 15.0 Å². The Morgan fingerprint density at radius 2 is 1.71 bits per heavy atom. The predicted octanol–water partition coefficient (Wildman–Crippen LogP) is 3.56. The van der Waals surface area contributed by atoms with Crippen LogP contribution >= 0.6 is 0 Å². The first kappa shape index (κ1) is 14.3. The number of phenolic OH excluding ortho intramolecular Hbond substituents is 2. The number of rotatable bonds is 3. The van der Waals surface area contributed by atoms with Crippen LogP contribution in [0.25, 0.3) is 22.0 Å². The molecule has 0 fully saturated rings. The number of fused-ring (bicyclic) bond motifs is 1. The number of hydrogen-bond donors (Lipinski definition) is 2. The van der Waals surface area contributed by atoms with Gasteiger partial charge in [-0.3, -0.25) is 0 Å². The number of hydrogen-bond acceptors (Lipinski definition) is 4. The summed E-state index contributed by atoms with van der Waals surface area (Å²) in [5.41, 5.74) is 2.51. The molecule has 0 saturated carbocycles. The lowest BCUT2D eigenvalue weighted by atomic mass is 10.0. The largest absolute Gasteiger partial charge is 0.504 e. The molecule has 5 heteroatoms. The maximum Gasteiger partial charge on any atom is 0.158 e. The summed E-state index contributed by atoms with van der Waals surface area (Å²) in [7, 11) is 0. The molecule has 24 heavy (non-hydrogen) atoms. The SMILES string of the molecule is Oc1ccc(-c2cn(Cc3cccc4ccccc34)nn2)cc1O. The van der Waals surface area contributed by atoms with Crippen LogP contribution in [0.4, 0.5) is 0 Å². The molecule has 2 N–H and O–H groups in total. The first-order valence-corrected chi connectivity index (χ1v) is 7.60. The fraction of sp³-hybridized carbons (Fsp3) is 0.0526. The third kappa shape index (κ3) is 2.56. The molecule has 1 aromatic heterocycles. The Morgan fingerprint density at radius 3 is 2.58 bits per heavy atom. The monoisotopic (exact) mass is 317 g/mol. The highest BCUT2D eigenvalue weighted by molar-refractivity contribution is 5.85. The van der Waals surface area contributed by atoms with E-state index in [2.05, 4.69) is 34.6 Å². The van der Waals surface area contributed by atoms with Crippen LogP contribution in [0.2, 0.25) is 0 Å². The van der Waals surface area contributed by atoms with Crippen molar-refractivity contribution < 1.29 is 10.2 Å². The number of benzene rings is 3. The van der Waals surface area contributed by atoms with Crippen molar-refractivity contribution in [1.29, 1.82) is 0 Å². The van der Waals surface area contributed by atoms with Gasteiger partial charge in [-0.25, -0.2) is 4.68 Å². The van der Waals surface area contributed by atoms with E-state index in [-0.39, 0.29) is 11.5 Å². The molecule has 0 bridgehead atoms. The molecular formula is C19H15N3O2. The second-order valence-electron chi connectivity index (χ2n) is 5.64. The normalized spacial score (nSPS) is 11.0. The van der Waals surface area contributed by atoms with Crippen LogP contribution in [-0.4, -0.2) is 25.2 Å². The quantitative estimate of drug-likeness (QED) is 0.567. The molecule has 0 amide bonds. The molecule has 0 aliphatic carbocycles. The fourth-order valence-corrected chi connectivity index (χ4v) is 2.80. The van der Waals surface area contributed by atoms with Crippen LogP contribution in [0.15, 0.2) is 66.9 Å². The number of nitrogens with zero attached hydrogens (tertiary/aromatic N) is 3. The Kier molecular flexibility index (Phi) is 3.39. The van der Waals surface area contributed by atoms with E-state index < -0.39 is 0 Å². The van der Waals surface area contributed by atoms with Crippen molar-refractivity contribution in [2.75, 3.05) is 0 Å². The van der Waals surface area contributed by atoms with Gasteiger partial charge < -0.3 is 10.2 Å². The highest BCUT2D eigenvalue weighted by atomic mass is 16.3. The van der Waals surface area contributed by atoms with Crippen molar-refractivity contribution >= 4 is 10.8 Å². The lowest BCUT2D eigenvalue weighted by Gasteiger charge is -2.06. The molecule has 0 aliphatic rings. The number of phenols is 2. The first-order valence-electron chi connectivity index (χ1n) is 7.60. The molecule has 1 heterocycles. The Labute approximate surface area is 138 Å². The summed E-state index contributed by atoms with van der Waals surface area (Å²) >= 11 is 0. The molecular weight excluding hydrogens is 302 g/mol. The predicted molar refractivity (Wildman–Crippen MR) is 91.8 cm³/mol. The zero-order valence-corrected chi connectivity index (χ0v) is 12.8. The van der Waals surface area contributed by atoms with E-state index in [1.54, 1.807) is 10.7 Å². The third-order valence-corrected chi connectivity index (χ3v) is 4.02. The number of aromatic hydroxyl groups is 2. The van der Waals surface area contributed by atoms with Crippen LogP contribution in [-0.2, 0) is 6.54 Å². The van der Waals surface area contributed by atoms with Gasteiger partial charge in [0.1, 0.15) is 5.69 Å². The maximum atomic E-state index is 9.62. The smallest absolute Gasteiger partial charge is 0.158 e. The zero-order valence-electron chi connectivity index (χ0n) is 12.8. The Morgan fingerprint density at radius 1 is 0.875 bits per heavy atom. The van der Waals surface area contributed by atoms with Crippen molar-refractivity contribution in [2.45, 2.75) is 6.54 Å². The van der Waals surface area contributed by atoms with Crippen molar-refractivity contribution in [3.63, 3.8) is 0 Å². The minimum atomic E-state index is -0.170. The van der Waals surface area contributed by atoms with Crippen molar-refractivity contribution in [3.05, 3.63) is 72.4 Å². The minimum absolute atomic E-state index is 0.151. The highest BCUT2D eigenvalue weighted by Crippen LogP contribution is 2.29. The van der Waals surface area contributed by atoms with E-state index in [0.29, 0.717) is 17.8 Å². The lowest BCUT2D eigenvalue weighted by Crippen LogP contribution is -2.01. The van der Waals surface area contributed by atoms with E-state index in [1.165, 1.54) is 22.9 Å². The van der Waals surface area contributed by atoms with E-state index >= 15 is 0 Å². The zero-order chi connectivity index (χ0) is 16.5. The molecule has 0 aliphatic heterocycles. The second-order valence-corrected chi connectivity index (χ2v) is 5.64. The Bertz CT molecular complexity index is 1020. The second kappa shape index (κ2) is 5.70. The van der Waals surface area contributed by atoms with Gasteiger partial charge >= 0.3 is 0 Å². The van der Waals surface area contributed by atoms with Crippen molar-refractivity contribution in [2.24, 2.45) is 0 Å². The molecule has 0 radical (unpaired) electrons. The van der Waals surface area contributed by atoms with Gasteiger partial charge in [-0.15, -0.1) is 5.10 Å². The molecule has 0 spiro atoms. The summed E-state index contributed by atoms with van der Waals surface area (Å²) in [6.45, 7) is 0.610. The highest BCUT2D eigenvalue weighted by Gasteiger charge is 2.08. The Balaban J connectivity index is 1.66. The van der Waals surface area contributed by atoms with Gasteiger partial charge in [0.2, 0.25) is 0 Å². The molecule has 5 nitrogen and oxygen atoms in total. The molecule has 118 valence electrons. The standard InChI is InChI=1S/C19H15N3O2/c23-18-9-8-14(10-19(18)24)17-12-22(21-20-17)11-15-6-3-5-13-4-1-2-7-16(13)15/h1-10,12,23-24H,11H2. The fourth-order valence-electron chi connectivity index (χ4n) is 2.80.